The predicted octanol–water partition coefficient (Wildman–Crippen LogP) is 5.70. The Kier molecular flexibility index (Phi) is 6.41. The number of esters is 1. The molecule has 0 amide bonds. The lowest BCUT2D eigenvalue weighted by atomic mass is 10.1. The number of carbonyl (C=O) groups is 1. The van der Waals surface area contributed by atoms with Crippen LogP contribution < -0.4 is 5.32 Å². The van der Waals surface area contributed by atoms with Gasteiger partial charge in [0.1, 0.15) is 16.6 Å². The number of nitrogens with one attached hydrogen (secondary N) is 1. The number of nitrogens with zero attached hydrogens (tertiary/aromatic N) is 1. The van der Waals surface area contributed by atoms with Gasteiger partial charge >= 0.3 is 5.97 Å². The van der Waals surface area contributed by atoms with E-state index >= 15 is 0 Å². The standard InChI is InChI=1S/C21H18F2N2O4S/c1-3-29-21(26)18-12(2)19(13-7-9-14(10-8-13)25(27)28)30-20(18)24-11-15-16(22)5-4-6-17(15)23/h4-10,24H,3,11H2,1-2H3. The molecule has 1 N–H and O–H groups in total. The van der Waals surface area contributed by atoms with E-state index < -0.39 is 22.5 Å². The molecule has 0 saturated heterocycles. The van der Waals surface area contributed by atoms with Crippen molar-refractivity contribution in [1.82, 2.24) is 0 Å². The lowest BCUT2D eigenvalue weighted by molar-refractivity contribution is -0.384. The third-order valence-electron chi connectivity index (χ3n) is 4.45. The third kappa shape index (κ3) is 4.30. The molecule has 0 aliphatic carbocycles. The zero-order valence-corrected chi connectivity index (χ0v) is 17.0. The normalized spacial score (nSPS) is 10.7. The van der Waals surface area contributed by atoms with Gasteiger partial charge in [0, 0.05) is 29.1 Å². The molecule has 3 aromatic rings. The molecule has 0 aliphatic rings. The lowest BCUT2D eigenvalue weighted by Crippen LogP contribution is -2.10. The molecule has 30 heavy (non-hydrogen) atoms. The Balaban J connectivity index is 2.00. The predicted molar refractivity (Wildman–Crippen MR) is 111 cm³/mol. The summed E-state index contributed by atoms with van der Waals surface area (Å²) in [6, 6.07) is 9.53. The van der Waals surface area contributed by atoms with Crippen LogP contribution in [-0.4, -0.2) is 17.5 Å². The quantitative estimate of drug-likeness (QED) is 0.294. The van der Waals surface area contributed by atoms with Crippen molar-refractivity contribution in [3.63, 3.8) is 0 Å². The summed E-state index contributed by atoms with van der Waals surface area (Å²) in [5.41, 5.74) is 1.37. The Morgan fingerprint density at radius 1 is 1.17 bits per heavy atom. The van der Waals surface area contributed by atoms with Gasteiger partial charge in [-0.15, -0.1) is 11.3 Å². The van der Waals surface area contributed by atoms with Crippen molar-refractivity contribution >= 4 is 28.0 Å². The molecule has 1 heterocycles. The van der Waals surface area contributed by atoms with Gasteiger partial charge in [-0.1, -0.05) is 6.07 Å². The summed E-state index contributed by atoms with van der Waals surface area (Å²) >= 11 is 1.21. The number of benzene rings is 2. The molecule has 6 nitrogen and oxygen atoms in total. The van der Waals surface area contributed by atoms with Gasteiger partial charge in [-0.05, 0) is 49.2 Å². The molecule has 0 aliphatic heterocycles. The molecule has 0 saturated carbocycles. The van der Waals surface area contributed by atoms with E-state index in [2.05, 4.69) is 5.32 Å². The van der Waals surface area contributed by atoms with Crippen molar-refractivity contribution in [2.75, 3.05) is 11.9 Å². The summed E-state index contributed by atoms with van der Waals surface area (Å²) in [7, 11) is 0. The number of non-ortho nitro benzene ring substituents is 1. The first-order valence-electron chi connectivity index (χ1n) is 9.05. The molecule has 0 unspecified atom stereocenters. The highest BCUT2D eigenvalue weighted by molar-refractivity contribution is 7.20. The highest BCUT2D eigenvalue weighted by atomic mass is 32.1. The highest BCUT2D eigenvalue weighted by Crippen LogP contribution is 2.41. The number of anilines is 1. The fourth-order valence-electron chi connectivity index (χ4n) is 2.97. The summed E-state index contributed by atoms with van der Waals surface area (Å²) in [6.07, 6.45) is 0. The maximum atomic E-state index is 14.0. The van der Waals surface area contributed by atoms with E-state index in [0.717, 1.165) is 12.1 Å². The van der Waals surface area contributed by atoms with Gasteiger partial charge < -0.3 is 10.1 Å². The summed E-state index contributed by atoms with van der Waals surface area (Å²) < 4.78 is 33.1. The summed E-state index contributed by atoms with van der Waals surface area (Å²) in [4.78, 5) is 23.6. The zero-order valence-electron chi connectivity index (χ0n) is 16.2. The van der Waals surface area contributed by atoms with Crippen molar-refractivity contribution in [2.24, 2.45) is 0 Å². The zero-order chi connectivity index (χ0) is 21.8. The molecule has 9 heteroatoms. The minimum absolute atomic E-state index is 0.0491. The number of ether oxygens (including phenoxy) is 1. The minimum Gasteiger partial charge on any atom is -0.462 e. The average molecular weight is 432 g/mol. The van der Waals surface area contributed by atoms with Crippen molar-refractivity contribution in [3.05, 3.63) is 80.9 Å². The first kappa shape index (κ1) is 21.4. The summed E-state index contributed by atoms with van der Waals surface area (Å²) in [6.45, 7) is 3.42. The summed E-state index contributed by atoms with van der Waals surface area (Å²) in [5.74, 6) is -1.94. The highest BCUT2D eigenvalue weighted by Gasteiger charge is 2.24. The number of nitro groups is 1. The van der Waals surface area contributed by atoms with Gasteiger partial charge in [0.05, 0.1) is 17.1 Å². The molecule has 3 rings (SSSR count). The van der Waals surface area contributed by atoms with Crippen LogP contribution in [0.2, 0.25) is 0 Å². The second-order valence-corrected chi connectivity index (χ2v) is 7.36. The first-order chi connectivity index (χ1) is 14.3. The molecule has 0 spiro atoms. The number of halogens is 2. The van der Waals surface area contributed by atoms with E-state index in [1.807, 2.05) is 0 Å². The van der Waals surface area contributed by atoms with E-state index in [1.165, 1.54) is 29.5 Å². The fraction of sp³-hybridized carbons (Fsp3) is 0.190. The molecule has 0 radical (unpaired) electrons. The van der Waals surface area contributed by atoms with E-state index in [4.69, 9.17) is 4.74 Å². The van der Waals surface area contributed by atoms with Crippen LogP contribution in [0.3, 0.4) is 0 Å². The Morgan fingerprint density at radius 3 is 2.37 bits per heavy atom. The Labute approximate surface area is 175 Å². The summed E-state index contributed by atoms with van der Waals surface area (Å²) in [5, 5.41) is 14.2. The van der Waals surface area contributed by atoms with Crippen LogP contribution in [-0.2, 0) is 11.3 Å². The van der Waals surface area contributed by atoms with Crippen LogP contribution in [0.5, 0.6) is 0 Å². The number of carbonyl (C=O) groups excluding carboxylic acids is 1. The number of hydrogen-bond acceptors (Lipinski definition) is 6. The second-order valence-electron chi connectivity index (χ2n) is 6.34. The smallest absolute Gasteiger partial charge is 0.341 e. The van der Waals surface area contributed by atoms with E-state index in [1.54, 1.807) is 26.0 Å². The lowest BCUT2D eigenvalue weighted by Gasteiger charge is -2.09. The van der Waals surface area contributed by atoms with Crippen LogP contribution in [0, 0.1) is 28.7 Å². The maximum absolute atomic E-state index is 14.0. The Morgan fingerprint density at radius 2 is 1.80 bits per heavy atom. The molecular formula is C21H18F2N2O4S. The van der Waals surface area contributed by atoms with Crippen LogP contribution >= 0.6 is 11.3 Å². The second kappa shape index (κ2) is 9.00. The average Bonchev–Trinajstić information content (AvgIpc) is 3.04. The van der Waals surface area contributed by atoms with Crippen molar-refractivity contribution < 1.29 is 23.2 Å². The molecule has 2 aromatic carbocycles. The maximum Gasteiger partial charge on any atom is 0.341 e. The number of nitro benzene ring substituents is 1. The van der Waals surface area contributed by atoms with Crippen molar-refractivity contribution in [3.8, 4) is 10.4 Å². The van der Waals surface area contributed by atoms with Crippen LogP contribution in [0.15, 0.2) is 42.5 Å². The monoisotopic (exact) mass is 432 g/mol. The van der Waals surface area contributed by atoms with Crippen molar-refractivity contribution in [2.45, 2.75) is 20.4 Å². The van der Waals surface area contributed by atoms with E-state index in [0.29, 0.717) is 21.0 Å². The molecular weight excluding hydrogens is 414 g/mol. The van der Waals surface area contributed by atoms with E-state index in [9.17, 15) is 23.7 Å². The van der Waals surface area contributed by atoms with Gasteiger partial charge in [0.2, 0.25) is 0 Å². The largest absolute Gasteiger partial charge is 0.462 e. The fourth-order valence-corrected chi connectivity index (χ4v) is 4.16. The van der Waals surface area contributed by atoms with Gasteiger partial charge in [-0.3, -0.25) is 10.1 Å². The van der Waals surface area contributed by atoms with Gasteiger partial charge in [-0.2, -0.15) is 0 Å². The van der Waals surface area contributed by atoms with Gasteiger partial charge in [0.25, 0.3) is 5.69 Å². The molecule has 0 atom stereocenters. The molecule has 0 fully saturated rings. The topological polar surface area (TPSA) is 81.5 Å². The number of rotatable bonds is 7. The molecule has 156 valence electrons. The Hall–Kier alpha value is -3.33. The van der Waals surface area contributed by atoms with Gasteiger partial charge in [-0.25, -0.2) is 13.6 Å². The van der Waals surface area contributed by atoms with Crippen LogP contribution in [0.1, 0.15) is 28.4 Å². The molecule has 1 aromatic heterocycles. The minimum atomic E-state index is -0.691. The van der Waals surface area contributed by atoms with Crippen LogP contribution in [0.25, 0.3) is 10.4 Å². The van der Waals surface area contributed by atoms with E-state index in [-0.39, 0.29) is 30.0 Å². The number of hydrogen-bond donors (Lipinski definition) is 1. The Bertz CT molecular complexity index is 1080. The molecule has 0 bridgehead atoms. The third-order valence-corrected chi connectivity index (χ3v) is 5.75. The number of thiophene rings is 1. The first-order valence-corrected chi connectivity index (χ1v) is 9.87. The van der Waals surface area contributed by atoms with Crippen LogP contribution in [0.4, 0.5) is 19.5 Å². The van der Waals surface area contributed by atoms with Crippen molar-refractivity contribution in [1.29, 1.82) is 0 Å². The SMILES string of the molecule is CCOC(=O)c1c(NCc2c(F)cccc2F)sc(-c2ccc([N+](=O)[O-])cc2)c1C. The van der Waals surface area contributed by atoms with Gasteiger partial charge in [0.15, 0.2) is 0 Å².